The van der Waals surface area contributed by atoms with Crippen LogP contribution in [0.3, 0.4) is 0 Å². The molecule has 0 saturated heterocycles. The number of benzene rings is 2. The molecule has 2 aromatic rings. The molecular weight excluding hydrogens is 309 g/mol. The topological polar surface area (TPSA) is 50.4 Å². The summed E-state index contributed by atoms with van der Waals surface area (Å²) in [5, 5.41) is 1.80. The number of nitrogens with one attached hydrogen (secondary N) is 2. The minimum atomic E-state index is -4.91. The van der Waals surface area contributed by atoms with Gasteiger partial charge in [-0.15, -0.1) is 0 Å². The molecule has 23 heavy (non-hydrogen) atoms. The van der Waals surface area contributed by atoms with Crippen LogP contribution in [0.1, 0.15) is 11.1 Å². The van der Waals surface area contributed by atoms with Gasteiger partial charge in [-0.2, -0.15) is 13.2 Å². The van der Waals surface area contributed by atoms with Crippen molar-refractivity contribution in [3.63, 3.8) is 0 Å². The molecule has 0 heterocycles. The monoisotopic (exact) mass is 324 g/mol. The van der Waals surface area contributed by atoms with Crippen LogP contribution in [0.5, 0.6) is 0 Å². The summed E-state index contributed by atoms with van der Waals surface area (Å²) in [5.74, 6) is -2.00. The smallest absolute Gasteiger partial charge is 0.318 e. The largest absolute Gasteiger partial charge is 0.471 e. The molecule has 0 unspecified atom stereocenters. The van der Waals surface area contributed by atoms with E-state index in [1.54, 1.807) is 12.2 Å². The standard InChI is InChI=1S/C16H15F3N2O2/c1-11-9-13(20-15(22)16(17,18)19)7-8-14(11)21-23-10-12-5-3-2-4-6-12/h2-9,21H,10H2,1H3,(H,20,22). The Kier molecular flexibility index (Phi) is 5.23. The van der Waals surface area contributed by atoms with Gasteiger partial charge in [0.1, 0.15) is 0 Å². The van der Waals surface area contributed by atoms with Crippen molar-refractivity contribution < 1.29 is 22.8 Å². The highest BCUT2D eigenvalue weighted by molar-refractivity contribution is 5.95. The van der Waals surface area contributed by atoms with Gasteiger partial charge in [-0.25, -0.2) is 0 Å². The minimum absolute atomic E-state index is 0.0680. The molecule has 2 N–H and O–H groups in total. The molecule has 0 fully saturated rings. The molecule has 4 nitrogen and oxygen atoms in total. The number of rotatable bonds is 5. The van der Waals surface area contributed by atoms with E-state index in [-0.39, 0.29) is 5.69 Å². The Balaban J connectivity index is 1.93. The fraction of sp³-hybridized carbons (Fsp3) is 0.188. The molecule has 0 bridgehead atoms. The maximum atomic E-state index is 12.2. The van der Waals surface area contributed by atoms with Crippen molar-refractivity contribution in [3.8, 4) is 0 Å². The summed E-state index contributed by atoms with van der Waals surface area (Å²) in [7, 11) is 0. The van der Waals surface area contributed by atoms with Gasteiger partial charge in [-0.05, 0) is 36.2 Å². The van der Waals surface area contributed by atoms with Crippen LogP contribution in [0.25, 0.3) is 0 Å². The van der Waals surface area contributed by atoms with E-state index in [4.69, 9.17) is 4.84 Å². The van der Waals surface area contributed by atoms with Gasteiger partial charge in [-0.3, -0.25) is 15.1 Å². The Morgan fingerprint density at radius 2 is 1.83 bits per heavy atom. The Labute approximate surface area is 131 Å². The van der Waals surface area contributed by atoms with Gasteiger partial charge in [0.25, 0.3) is 0 Å². The molecule has 7 heteroatoms. The highest BCUT2D eigenvalue weighted by Crippen LogP contribution is 2.22. The van der Waals surface area contributed by atoms with Crippen LogP contribution in [0.15, 0.2) is 48.5 Å². The molecule has 0 spiro atoms. The summed E-state index contributed by atoms with van der Waals surface area (Å²) in [6.07, 6.45) is -4.91. The van der Waals surface area contributed by atoms with E-state index in [1.807, 2.05) is 30.3 Å². The predicted molar refractivity (Wildman–Crippen MR) is 80.7 cm³/mol. The maximum absolute atomic E-state index is 12.2. The van der Waals surface area contributed by atoms with Crippen molar-refractivity contribution in [2.24, 2.45) is 0 Å². The van der Waals surface area contributed by atoms with Crippen LogP contribution in [0, 0.1) is 6.92 Å². The summed E-state index contributed by atoms with van der Waals surface area (Å²) >= 11 is 0. The van der Waals surface area contributed by atoms with E-state index >= 15 is 0 Å². The van der Waals surface area contributed by atoms with E-state index in [1.165, 1.54) is 18.2 Å². The molecule has 0 aliphatic rings. The minimum Gasteiger partial charge on any atom is -0.318 e. The molecule has 0 saturated carbocycles. The lowest BCUT2D eigenvalue weighted by Gasteiger charge is -2.12. The average molecular weight is 324 g/mol. The Morgan fingerprint density at radius 1 is 1.13 bits per heavy atom. The predicted octanol–water partition coefficient (Wildman–Crippen LogP) is 4.04. The first-order chi connectivity index (χ1) is 10.9. The lowest BCUT2D eigenvalue weighted by molar-refractivity contribution is -0.167. The quantitative estimate of drug-likeness (QED) is 0.816. The van der Waals surface area contributed by atoms with Crippen molar-refractivity contribution in [1.82, 2.24) is 0 Å². The molecule has 0 aliphatic carbocycles. The molecule has 0 aromatic heterocycles. The Bertz CT molecular complexity index is 673. The number of halogens is 3. The number of amides is 1. The molecule has 1 amide bonds. The highest BCUT2D eigenvalue weighted by Gasteiger charge is 2.38. The fourth-order valence-electron chi connectivity index (χ4n) is 1.83. The third-order valence-electron chi connectivity index (χ3n) is 3.01. The maximum Gasteiger partial charge on any atom is 0.471 e. The number of alkyl halides is 3. The first-order valence-electron chi connectivity index (χ1n) is 6.77. The lowest BCUT2D eigenvalue weighted by Crippen LogP contribution is -2.29. The van der Waals surface area contributed by atoms with Crippen LogP contribution in [0.4, 0.5) is 24.5 Å². The number of hydrogen-bond acceptors (Lipinski definition) is 3. The number of carbonyl (C=O) groups is 1. The molecule has 0 atom stereocenters. The number of hydrogen-bond donors (Lipinski definition) is 2. The molecule has 122 valence electrons. The van der Waals surface area contributed by atoms with E-state index in [2.05, 4.69) is 5.48 Å². The second-order valence-electron chi connectivity index (χ2n) is 4.86. The highest BCUT2D eigenvalue weighted by atomic mass is 19.4. The molecular formula is C16H15F3N2O2. The first kappa shape index (κ1) is 16.8. The van der Waals surface area contributed by atoms with Crippen LogP contribution < -0.4 is 10.8 Å². The lowest BCUT2D eigenvalue weighted by atomic mass is 10.2. The van der Waals surface area contributed by atoms with Crippen LogP contribution in [0.2, 0.25) is 0 Å². The molecule has 0 aliphatic heterocycles. The zero-order valence-electron chi connectivity index (χ0n) is 12.3. The number of aryl methyl sites for hydroxylation is 1. The van der Waals surface area contributed by atoms with E-state index in [0.717, 1.165) is 5.56 Å². The summed E-state index contributed by atoms with van der Waals surface area (Å²) in [5.41, 5.74) is 5.02. The van der Waals surface area contributed by atoms with E-state index in [9.17, 15) is 18.0 Å². The van der Waals surface area contributed by atoms with E-state index in [0.29, 0.717) is 17.9 Å². The Morgan fingerprint density at radius 3 is 2.43 bits per heavy atom. The summed E-state index contributed by atoms with van der Waals surface area (Å²) in [4.78, 5) is 16.2. The number of carbonyl (C=O) groups excluding carboxylic acids is 1. The van der Waals surface area contributed by atoms with Crippen molar-refractivity contribution in [1.29, 1.82) is 0 Å². The van der Waals surface area contributed by atoms with Crippen LogP contribution in [-0.4, -0.2) is 12.1 Å². The van der Waals surface area contributed by atoms with Crippen molar-refractivity contribution in [2.45, 2.75) is 19.7 Å². The third kappa shape index (κ3) is 5.00. The third-order valence-corrected chi connectivity index (χ3v) is 3.01. The van der Waals surface area contributed by atoms with Crippen LogP contribution in [-0.2, 0) is 16.2 Å². The van der Waals surface area contributed by atoms with Gasteiger partial charge in [0.15, 0.2) is 0 Å². The normalized spacial score (nSPS) is 11.1. The summed E-state index contributed by atoms with van der Waals surface area (Å²) in [6.45, 7) is 2.03. The summed E-state index contributed by atoms with van der Waals surface area (Å²) in [6, 6.07) is 13.8. The van der Waals surface area contributed by atoms with Crippen molar-refractivity contribution in [2.75, 3.05) is 10.8 Å². The molecule has 0 radical (unpaired) electrons. The van der Waals surface area contributed by atoms with Crippen molar-refractivity contribution >= 4 is 17.3 Å². The van der Waals surface area contributed by atoms with Gasteiger partial charge >= 0.3 is 12.1 Å². The average Bonchev–Trinajstić information content (AvgIpc) is 2.49. The van der Waals surface area contributed by atoms with Gasteiger partial charge in [0, 0.05) is 5.69 Å². The first-order valence-corrected chi connectivity index (χ1v) is 6.77. The second kappa shape index (κ2) is 7.15. The van der Waals surface area contributed by atoms with Gasteiger partial charge in [0.2, 0.25) is 0 Å². The zero-order chi connectivity index (χ0) is 16.9. The summed E-state index contributed by atoms with van der Waals surface area (Å²) < 4.78 is 36.6. The fourth-order valence-corrected chi connectivity index (χ4v) is 1.83. The Hall–Kier alpha value is -2.54. The van der Waals surface area contributed by atoms with E-state index < -0.39 is 12.1 Å². The van der Waals surface area contributed by atoms with Crippen LogP contribution >= 0.6 is 0 Å². The zero-order valence-corrected chi connectivity index (χ0v) is 12.3. The second-order valence-corrected chi connectivity index (χ2v) is 4.86. The van der Waals surface area contributed by atoms with Crippen molar-refractivity contribution in [3.05, 3.63) is 59.7 Å². The number of anilines is 2. The SMILES string of the molecule is Cc1cc(NC(=O)C(F)(F)F)ccc1NOCc1ccccc1. The van der Waals surface area contributed by atoms with Gasteiger partial charge in [-0.1, -0.05) is 30.3 Å². The van der Waals surface area contributed by atoms with Gasteiger partial charge < -0.3 is 5.32 Å². The molecule has 2 aromatic carbocycles. The molecule has 2 rings (SSSR count). The van der Waals surface area contributed by atoms with Gasteiger partial charge in [0.05, 0.1) is 12.3 Å².